The third-order valence-corrected chi connectivity index (χ3v) is 6.69. The molecule has 208 valence electrons. The Hall–Kier alpha value is -4.37. The summed E-state index contributed by atoms with van der Waals surface area (Å²) < 4.78 is 11.3. The summed E-state index contributed by atoms with van der Waals surface area (Å²) in [5.74, 6) is -1.20. The number of para-hydroxylation sites is 1. The quantitative estimate of drug-likeness (QED) is 0.191. The van der Waals surface area contributed by atoms with Gasteiger partial charge in [0.15, 0.2) is 11.5 Å². The Bertz CT molecular complexity index is 1370. The summed E-state index contributed by atoms with van der Waals surface area (Å²) in [5, 5.41) is 10.0. The monoisotopic (exact) mass is 562 g/mol. The molecular formula is C30H31ClN4O5. The van der Waals surface area contributed by atoms with E-state index in [0.29, 0.717) is 34.3 Å². The largest absolute Gasteiger partial charge is 0.493 e. The molecule has 4 rings (SSSR count). The molecule has 0 spiro atoms. The molecule has 40 heavy (non-hydrogen) atoms. The second-order valence-corrected chi connectivity index (χ2v) is 9.77. The zero-order chi connectivity index (χ0) is 28.3. The first-order chi connectivity index (χ1) is 19.4. The Kier molecular flexibility index (Phi) is 10.1. The van der Waals surface area contributed by atoms with Crippen molar-refractivity contribution in [2.45, 2.75) is 44.8 Å². The van der Waals surface area contributed by atoms with Gasteiger partial charge < -0.3 is 20.1 Å². The Morgan fingerprint density at radius 2 is 1.70 bits per heavy atom. The highest BCUT2D eigenvalue weighted by Gasteiger charge is 2.21. The van der Waals surface area contributed by atoms with Crippen LogP contribution in [0, 0.1) is 0 Å². The minimum atomic E-state index is -0.978. The Balaban J connectivity index is 1.31. The number of anilines is 1. The molecule has 0 radical (unpaired) electrons. The summed E-state index contributed by atoms with van der Waals surface area (Å²) in [6.45, 7) is 0.331. The van der Waals surface area contributed by atoms with E-state index in [1.807, 2.05) is 12.1 Å². The molecule has 0 saturated heterocycles. The van der Waals surface area contributed by atoms with Crippen molar-refractivity contribution in [3.05, 3.63) is 88.4 Å². The van der Waals surface area contributed by atoms with Crippen LogP contribution in [-0.2, 0) is 16.2 Å². The lowest BCUT2D eigenvalue weighted by molar-refractivity contribution is -0.136. The first-order valence-electron chi connectivity index (χ1n) is 13.0. The number of hydrogen-bond donors (Lipinski definition) is 3. The topological polar surface area (TPSA) is 118 Å². The minimum Gasteiger partial charge on any atom is -0.493 e. The molecule has 10 heteroatoms. The number of nitrogens with one attached hydrogen (secondary N) is 3. The van der Waals surface area contributed by atoms with Gasteiger partial charge in [-0.3, -0.25) is 14.4 Å². The van der Waals surface area contributed by atoms with Crippen molar-refractivity contribution in [3.63, 3.8) is 0 Å². The van der Waals surface area contributed by atoms with E-state index >= 15 is 0 Å². The van der Waals surface area contributed by atoms with Gasteiger partial charge in [0, 0.05) is 11.1 Å². The van der Waals surface area contributed by atoms with Crippen LogP contribution in [0.2, 0.25) is 5.02 Å². The number of benzene rings is 3. The molecular weight excluding hydrogens is 532 g/mol. The van der Waals surface area contributed by atoms with Crippen LogP contribution in [0.3, 0.4) is 0 Å². The molecule has 0 unspecified atom stereocenters. The smallest absolute Gasteiger partial charge is 0.329 e. The molecule has 0 bridgehead atoms. The van der Waals surface area contributed by atoms with E-state index in [0.717, 1.165) is 31.2 Å². The SMILES string of the molecule is COc1cc(/C=N/NC(=O)C(=O)Nc2ccccc2C(=O)NC2CCCCC2)ccc1OCc1ccc(Cl)cc1. The van der Waals surface area contributed by atoms with Crippen LogP contribution in [-0.4, -0.2) is 37.1 Å². The number of halogens is 1. The average Bonchev–Trinajstić information content (AvgIpc) is 2.97. The fourth-order valence-corrected chi connectivity index (χ4v) is 4.45. The van der Waals surface area contributed by atoms with Gasteiger partial charge in [-0.15, -0.1) is 0 Å². The second kappa shape index (κ2) is 14.1. The van der Waals surface area contributed by atoms with Crippen LogP contribution in [0.25, 0.3) is 0 Å². The van der Waals surface area contributed by atoms with Crippen molar-refractivity contribution in [3.8, 4) is 11.5 Å². The fraction of sp³-hybridized carbons (Fsp3) is 0.267. The molecule has 9 nitrogen and oxygen atoms in total. The van der Waals surface area contributed by atoms with E-state index < -0.39 is 11.8 Å². The standard InChI is InChI=1S/C30H31ClN4O5/c1-39-27-17-21(13-16-26(27)40-19-20-11-14-22(31)15-12-20)18-32-35-30(38)29(37)34-25-10-6-5-9-24(25)28(36)33-23-7-3-2-4-8-23/h5-6,9-18,23H,2-4,7-8,19H2,1H3,(H,33,36)(H,34,37)(H,35,38)/b32-18+. The van der Waals surface area contributed by atoms with Gasteiger partial charge in [0.2, 0.25) is 0 Å². The van der Waals surface area contributed by atoms with Gasteiger partial charge in [-0.2, -0.15) is 5.10 Å². The van der Waals surface area contributed by atoms with Crippen molar-refractivity contribution in [2.24, 2.45) is 5.10 Å². The van der Waals surface area contributed by atoms with Crippen LogP contribution in [0.5, 0.6) is 11.5 Å². The third kappa shape index (κ3) is 8.07. The lowest BCUT2D eigenvalue weighted by Gasteiger charge is -2.23. The lowest BCUT2D eigenvalue weighted by atomic mass is 9.95. The summed E-state index contributed by atoms with van der Waals surface area (Å²) in [4.78, 5) is 37.7. The molecule has 1 aliphatic carbocycles. The molecule has 0 heterocycles. The lowest BCUT2D eigenvalue weighted by Crippen LogP contribution is -2.37. The van der Waals surface area contributed by atoms with Crippen molar-refractivity contribution in [1.82, 2.24) is 10.7 Å². The number of hydrazone groups is 1. The zero-order valence-electron chi connectivity index (χ0n) is 22.1. The maximum Gasteiger partial charge on any atom is 0.329 e. The number of carbonyl (C=O) groups is 3. The molecule has 0 atom stereocenters. The number of amides is 3. The number of methoxy groups -OCH3 is 1. The molecule has 0 aromatic heterocycles. The summed E-state index contributed by atoms with van der Waals surface area (Å²) in [6, 6.07) is 19.2. The van der Waals surface area contributed by atoms with Gasteiger partial charge in [-0.25, -0.2) is 5.43 Å². The summed E-state index contributed by atoms with van der Waals surface area (Å²) in [7, 11) is 1.52. The van der Waals surface area contributed by atoms with E-state index in [1.54, 1.807) is 54.6 Å². The third-order valence-electron chi connectivity index (χ3n) is 6.44. The van der Waals surface area contributed by atoms with Crippen LogP contribution in [0.1, 0.15) is 53.6 Å². The van der Waals surface area contributed by atoms with Crippen LogP contribution in [0.4, 0.5) is 5.69 Å². The average molecular weight is 563 g/mol. The molecule has 3 amide bonds. The second-order valence-electron chi connectivity index (χ2n) is 9.33. The van der Waals surface area contributed by atoms with Crippen molar-refractivity contribution >= 4 is 41.2 Å². The first-order valence-corrected chi connectivity index (χ1v) is 13.4. The van der Waals surface area contributed by atoms with E-state index in [1.165, 1.54) is 19.7 Å². The van der Waals surface area contributed by atoms with Crippen molar-refractivity contribution < 1.29 is 23.9 Å². The fourth-order valence-electron chi connectivity index (χ4n) is 4.32. The predicted octanol–water partition coefficient (Wildman–Crippen LogP) is 5.08. The van der Waals surface area contributed by atoms with Crippen molar-refractivity contribution in [2.75, 3.05) is 12.4 Å². The number of rotatable bonds is 9. The van der Waals surface area contributed by atoms with Crippen LogP contribution >= 0.6 is 11.6 Å². The normalized spacial score (nSPS) is 13.4. The molecule has 1 fully saturated rings. The van der Waals surface area contributed by atoms with E-state index in [9.17, 15) is 14.4 Å². The first kappa shape index (κ1) is 28.6. The highest BCUT2D eigenvalue weighted by atomic mass is 35.5. The van der Waals surface area contributed by atoms with Gasteiger partial charge in [-0.1, -0.05) is 55.1 Å². The summed E-state index contributed by atoms with van der Waals surface area (Å²) in [6.07, 6.45) is 6.59. The predicted molar refractivity (Wildman–Crippen MR) is 154 cm³/mol. The molecule has 3 aromatic rings. The molecule has 1 aliphatic rings. The van der Waals surface area contributed by atoms with Crippen LogP contribution in [0.15, 0.2) is 71.8 Å². The highest BCUT2D eigenvalue weighted by Crippen LogP contribution is 2.28. The summed E-state index contributed by atoms with van der Waals surface area (Å²) >= 11 is 5.92. The van der Waals surface area contributed by atoms with Gasteiger partial charge >= 0.3 is 11.8 Å². The van der Waals surface area contributed by atoms with Crippen LogP contribution < -0.4 is 25.5 Å². The number of hydrogen-bond acceptors (Lipinski definition) is 6. The zero-order valence-corrected chi connectivity index (χ0v) is 22.9. The van der Waals surface area contributed by atoms with Gasteiger partial charge in [0.05, 0.1) is 24.6 Å². The Morgan fingerprint density at radius 3 is 2.45 bits per heavy atom. The van der Waals surface area contributed by atoms with Gasteiger partial charge in [0.1, 0.15) is 6.61 Å². The van der Waals surface area contributed by atoms with Gasteiger partial charge in [-0.05, 0) is 66.4 Å². The molecule has 0 aliphatic heterocycles. The molecule has 3 N–H and O–H groups in total. The molecule has 3 aromatic carbocycles. The molecule has 1 saturated carbocycles. The van der Waals surface area contributed by atoms with Gasteiger partial charge in [0.25, 0.3) is 5.91 Å². The highest BCUT2D eigenvalue weighted by molar-refractivity contribution is 6.40. The Labute approximate surface area is 237 Å². The van der Waals surface area contributed by atoms with E-state index in [2.05, 4.69) is 21.2 Å². The minimum absolute atomic E-state index is 0.116. The number of carbonyl (C=O) groups excluding carboxylic acids is 3. The maximum absolute atomic E-state index is 12.8. The maximum atomic E-state index is 12.8. The van der Waals surface area contributed by atoms with E-state index in [4.69, 9.17) is 21.1 Å². The van der Waals surface area contributed by atoms with Crippen molar-refractivity contribution in [1.29, 1.82) is 0 Å². The van der Waals surface area contributed by atoms with E-state index in [-0.39, 0.29) is 17.6 Å². The summed E-state index contributed by atoms with van der Waals surface area (Å²) in [5.41, 5.74) is 4.31. The number of ether oxygens (including phenoxy) is 2. The number of nitrogens with zero attached hydrogens (tertiary/aromatic N) is 1. The Morgan fingerprint density at radius 1 is 0.950 bits per heavy atom.